The highest BCUT2D eigenvalue weighted by Crippen LogP contribution is 2.32. The quantitative estimate of drug-likeness (QED) is 0.325. The first-order valence-corrected chi connectivity index (χ1v) is 12.3. The van der Waals surface area contributed by atoms with Crippen LogP contribution in [0.3, 0.4) is 0 Å². The van der Waals surface area contributed by atoms with Crippen LogP contribution in [-0.2, 0) is 14.9 Å². The maximum absolute atomic E-state index is 13.3. The van der Waals surface area contributed by atoms with Crippen molar-refractivity contribution in [3.8, 4) is 11.5 Å². The van der Waals surface area contributed by atoms with Crippen LogP contribution in [0.2, 0.25) is 0 Å². The minimum atomic E-state index is -0.717. The van der Waals surface area contributed by atoms with Gasteiger partial charge in [0.15, 0.2) is 0 Å². The molecule has 3 aromatic rings. The van der Waals surface area contributed by atoms with Crippen molar-refractivity contribution in [2.24, 2.45) is 0 Å². The number of halogens is 1. The predicted octanol–water partition coefficient (Wildman–Crippen LogP) is 5.10. The molecule has 1 N–H and O–H groups in total. The smallest absolute Gasteiger partial charge is 0.296 e. The highest BCUT2D eigenvalue weighted by Gasteiger charge is 2.23. The number of hydrogen-bond acceptors (Lipinski definition) is 6. The van der Waals surface area contributed by atoms with Crippen LogP contribution in [0.1, 0.15) is 36.7 Å². The first-order chi connectivity index (χ1) is 17.3. The number of carbonyl (C=O) groups is 2. The van der Waals surface area contributed by atoms with Gasteiger partial charge >= 0.3 is 0 Å². The Hall–Kier alpha value is -3.13. The third-order valence-corrected chi connectivity index (χ3v) is 6.42. The van der Waals surface area contributed by atoms with Crippen molar-refractivity contribution in [3.63, 3.8) is 0 Å². The van der Waals surface area contributed by atoms with Crippen molar-refractivity contribution in [1.29, 1.82) is 0 Å². The maximum Gasteiger partial charge on any atom is 0.296 e. The largest absolute Gasteiger partial charge is 0.495 e. The molecule has 0 atom stereocenters. The molecule has 0 spiro atoms. The second kappa shape index (κ2) is 12.4. The van der Waals surface area contributed by atoms with E-state index in [9.17, 15) is 9.59 Å². The number of carbonyl (C=O) groups excluding carboxylic acids is 2. The molecule has 0 aromatic heterocycles. The Morgan fingerprint density at radius 1 is 0.973 bits per heavy atom. The normalized spacial score (nSPS) is 14.1. The number of methoxy groups -OCH3 is 1. The topological polar surface area (TPSA) is 77.1 Å². The van der Waals surface area contributed by atoms with Crippen molar-refractivity contribution >= 4 is 40.6 Å². The van der Waals surface area contributed by atoms with Crippen molar-refractivity contribution in [2.75, 3.05) is 51.9 Å². The predicted molar refractivity (Wildman–Crippen MR) is 149 cm³/mol. The lowest BCUT2D eigenvalue weighted by Gasteiger charge is -2.26. The molecule has 1 saturated heterocycles. The van der Waals surface area contributed by atoms with E-state index in [4.69, 9.17) is 14.2 Å². The molecule has 198 valence electrons. The molecule has 1 aliphatic rings. The molecule has 1 heterocycles. The Morgan fingerprint density at radius 2 is 1.65 bits per heavy atom. The van der Waals surface area contributed by atoms with E-state index < -0.39 is 11.7 Å². The molecule has 8 heteroatoms. The number of ketones is 1. The highest BCUT2D eigenvalue weighted by molar-refractivity contribution is 6.48. The van der Waals surface area contributed by atoms with Crippen molar-refractivity contribution in [2.45, 2.75) is 26.2 Å². The third-order valence-electron chi connectivity index (χ3n) is 6.42. The van der Waals surface area contributed by atoms with Gasteiger partial charge in [0.2, 0.25) is 0 Å². The monoisotopic (exact) mass is 526 g/mol. The van der Waals surface area contributed by atoms with Gasteiger partial charge < -0.3 is 19.5 Å². The maximum atomic E-state index is 13.3. The van der Waals surface area contributed by atoms with E-state index in [2.05, 4.69) is 31.0 Å². The Morgan fingerprint density at radius 3 is 2.32 bits per heavy atom. The van der Waals surface area contributed by atoms with Gasteiger partial charge in [0.05, 0.1) is 26.0 Å². The summed E-state index contributed by atoms with van der Waals surface area (Å²) in [5.74, 6) is -0.145. The minimum absolute atomic E-state index is 0. The van der Waals surface area contributed by atoms with Gasteiger partial charge in [0.1, 0.15) is 18.1 Å². The lowest BCUT2D eigenvalue weighted by atomic mass is 9.87. The number of Topliss-reactive ketones (excluding diaryl/α,β-unsaturated/α-hetero) is 1. The van der Waals surface area contributed by atoms with Crippen LogP contribution in [0.5, 0.6) is 11.5 Å². The molecule has 0 aliphatic carbocycles. The molecule has 0 bridgehead atoms. The zero-order valence-electron chi connectivity index (χ0n) is 21.8. The van der Waals surface area contributed by atoms with Gasteiger partial charge in [0, 0.05) is 30.6 Å². The van der Waals surface area contributed by atoms with E-state index in [1.807, 2.05) is 36.4 Å². The van der Waals surface area contributed by atoms with Gasteiger partial charge in [-0.1, -0.05) is 51.1 Å². The Bertz CT molecular complexity index is 1250. The number of nitrogens with zero attached hydrogens (tertiary/aromatic N) is 1. The summed E-state index contributed by atoms with van der Waals surface area (Å²) in [7, 11) is 1.54. The van der Waals surface area contributed by atoms with Crippen LogP contribution >= 0.6 is 12.4 Å². The fraction of sp³-hybridized carbons (Fsp3) is 0.379. The molecule has 0 radical (unpaired) electrons. The van der Waals surface area contributed by atoms with Crippen LogP contribution in [0.25, 0.3) is 10.8 Å². The second-order valence-corrected chi connectivity index (χ2v) is 9.91. The first-order valence-electron chi connectivity index (χ1n) is 12.3. The summed E-state index contributed by atoms with van der Waals surface area (Å²) in [6, 6.07) is 16.5. The molecule has 0 saturated carbocycles. The molecule has 0 unspecified atom stereocenters. The average Bonchev–Trinajstić information content (AvgIpc) is 2.88. The lowest BCUT2D eigenvalue weighted by Crippen LogP contribution is -2.38. The van der Waals surface area contributed by atoms with Gasteiger partial charge in [-0.2, -0.15) is 0 Å². The van der Waals surface area contributed by atoms with Gasteiger partial charge in [-0.15, -0.1) is 12.4 Å². The zero-order chi connectivity index (χ0) is 25.7. The van der Waals surface area contributed by atoms with E-state index in [-0.39, 0.29) is 17.8 Å². The summed E-state index contributed by atoms with van der Waals surface area (Å²) < 4.78 is 16.9. The summed E-state index contributed by atoms with van der Waals surface area (Å²) >= 11 is 0. The van der Waals surface area contributed by atoms with Crippen molar-refractivity contribution in [3.05, 3.63) is 65.7 Å². The van der Waals surface area contributed by atoms with Crippen molar-refractivity contribution in [1.82, 2.24) is 4.90 Å². The molecule has 7 nitrogen and oxygen atoms in total. The van der Waals surface area contributed by atoms with Crippen LogP contribution in [0, 0.1) is 0 Å². The fourth-order valence-corrected chi connectivity index (χ4v) is 4.28. The molecule has 3 aromatic carbocycles. The minimum Gasteiger partial charge on any atom is -0.495 e. The summed E-state index contributed by atoms with van der Waals surface area (Å²) in [5, 5.41) is 4.24. The Kier molecular flexibility index (Phi) is 9.54. The number of ether oxygens (including phenoxy) is 3. The average molecular weight is 527 g/mol. The molecule has 4 rings (SSSR count). The molecular formula is C29H35ClN2O5. The van der Waals surface area contributed by atoms with Crippen LogP contribution in [0.4, 0.5) is 5.69 Å². The number of nitrogens with one attached hydrogen (secondary N) is 1. The third kappa shape index (κ3) is 6.80. The van der Waals surface area contributed by atoms with Crippen molar-refractivity contribution < 1.29 is 23.8 Å². The summed E-state index contributed by atoms with van der Waals surface area (Å²) in [4.78, 5) is 28.6. The molecule has 37 heavy (non-hydrogen) atoms. The number of anilines is 1. The number of amides is 1. The SMILES string of the molecule is COc1ccc(C(C)(C)C)cc1NC(=O)C(=O)c1ccc(OCCN2CCOCC2)c2ccccc12.Cl. The lowest BCUT2D eigenvalue weighted by molar-refractivity contribution is -0.112. The number of fused-ring (bicyclic) bond motifs is 1. The van der Waals surface area contributed by atoms with E-state index in [1.165, 1.54) is 7.11 Å². The van der Waals surface area contributed by atoms with Crippen LogP contribution in [0.15, 0.2) is 54.6 Å². The van der Waals surface area contributed by atoms with E-state index in [0.717, 1.165) is 43.8 Å². The van der Waals surface area contributed by atoms with E-state index >= 15 is 0 Å². The van der Waals surface area contributed by atoms with Gasteiger partial charge in [-0.05, 0) is 40.6 Å². The van der Waals surface area contributed by atoms with Gasteiger partial charge in [-0.25, -0.2) is 0 Å². The number of hydrogen-bond donors (Lipinski definition) is 1. The second-order valence-electron chi connectivity index (χ2n) is 9.91. The molecular weight excluding hydrogens is 492 g/mol. The highest BCUT2D eigenvalue weighted by atomic mass is 35.5. The number of morpholine rings is 1. The summed E-state index contributed by atoms with van der Waals surface area (Å²) in [6.45, 7) is 10.9. The summed E-state index contributed by atoms with van der Waals surface area (Å²) in [5.41, 5.74) is 1.70. The van der Waals surface area contributed by atoms with Crippen LogP contribution < -0.4 is 14.8 Å². The fourth-order valence-electron chi connectivity index (χ4n) is 4.28. The zero-order valence-corrected chi connectivity index (χ0v) is 22.7. The molecule has 1 fully saturated rings. The van der Waals surface area contributed by atoms with Gasteiger partial charge in [-0.3, -0.25) is 14.5 Å². The molecule has 1 amide bonds. The summed E-state index contributed by atoms with van der Waals surface area (Å²) in [6.07, 6.45) is 0. The van der Waals surface area contributed by atoms with Crippen LogP contribution in [-0.4, -0.2) is 63.2 Å². The Balaban J connectivity index is 0.00000380. The number of rotatable bonds is 8. The first kappa shape index (κ1) is 28.4. The van der Waals surface area contributed by atoms with E-state index in [1.54, 1.807) is 18.2 Å². The van der Waals surface area contributed by atoms with E-state index in [0.29, 0.717) is 34.7 Å². The van der Waals surface area contributed by atoms with Gasteiger partial charge in [0.25, 0.3) is 11.7 Å². The number of benzene rings is 3. The standard InChI is InChI=1S/C29H34N2O5.ClH/c1-29(2,3)20-9-11-26(34-4)24(19-20)30-28(33)27(32)23-10-12-25(22-8-6-5-7-21(22)23)36-18-15-31-13-16-35-17-14-31;/h5-12,19H,13-18H2,1-4H3,(H,30,33);1H. The Labute approximate surface area is 224 Å². The molecule has 1 aliphatic heterocycles.